The van der Waals surface area contributed by atoms with Gasteiger partial charge in [0.25, 0.3) is 0 Å². The molecule has 2 bridgehead atoms. The van der Waals surface area contributed by atoms with Gasteiger partial charge in [-0.05, 0) is 30.5 Å². The second-order valence-corrected chi connectivity index (χ2v) is 6.06. The van der Waals surface area contributed by atoms with Gasteiger partial charge in [0, 0.05) is 37.2 Å². The van der Waals surface area contributed by atoms with Crippen molar-refractivity contribution in [2.75, 3.05) is 18.8 Å². The summed E-state index contributed by atoms with van der Waals surface area (Å²) in [5, 5.41) is 0. The van der Waals surface area contributed by atoms with E-state index in [1.54, 1.807) is 0 Å². The standard InChI is InChI=1S/C15H20N2O/c16-11-3-1-2-10(6-11)7-17-8-12-13(9-17)15-5-4-14(12)18-15/h1-3,6,12-15H,4-5,7-9,16H2. The molecule has 0 aromatic heterocycles. The van der Waals surface area contributed by atoms with Gasteiger partial charge in [-0.2, -0.15) is 0 Å². The molecule has 3 saturated heterocycles. The normalized spacial score (nSPS) is 38.2. The van der Waals surface area contributed by atoms with Crippen molar-refractivity contribution in [3.8, 4) is 0 Å². The summed E-state index contributed by atoms with van der Waals surface area (Å²) in [5.41, 5.74) is 8.05. The number of hydrogen-bond donors (Lipinski definition) is 1. The van der Waals surface area contributed by atoms with Gasteiger partial charge in [-0.25, -0.2) is 0 Å². The molecule has 3 nitrogen and oxygen atoms in total. The first kappa shape index (κ1) is 10.8. The van der Waals surface area contributed by atoms with Crippen LogP contribution >= 0.6 is 0 Å². The number of anilines is 1. The highest BCUT2D eigenvalue weighted by Crippen LogP contribution is 2.47. The van der Waals surface area contributed by atoms with Gasteiger partial charge in [-0.3, -0.25) is 4.90 Å². The highest BCUT2D eigenvalue weighted by molar-refractivity contribution is 5.40. The predicted octanol–water partition coefficient (Wildman–Crippen LogP) is 1.88. The quantitative estimate of drug-likeness (QED) is 0.807. The molecule has 0 saturated carbocycles. The number of benzene rings is 1. The van der Waals surface area contributed by atoms with Crippen LogP contribution < -0.4 is 5.73 Å². The third-order valence-electron chi connectivity index (χ3n) is 4.89. The van der Waals surface area contributed by atoms with Gasteiger partial charge >= 0.3 is 0 Å². The molecular weight excluding hydrogens is 224 g/mol. The molecule has 0 amide bonds. The molecule has 0 spiro atoms. The first-order chi connectivity index (χ1) is 8.79. The molecule has 3 heterocycles. The van der Waals surface area contributed by atoms with Crippen LogP contribution in [0.1, 0.15) is 18.4 Å². The molecule has 18 heavy (non-hydrogen) atoms. The second-order valence-electron chi connectivity index (χ2n) is 6.06. The van der Waals surface area contributed by atoms with Crippen molar-refractivity contribution in [1.29, 1.82) is 0 Å². The van der Waals surface area contributed by atoms with E-state index in [-0.39, 0.29) is 0 Å². The maximum absolute atomic E-state index is 6.01. The van der Waals surface area contributed by atoms with Crippen LogP contribution in [0.3, 0.4) is 0 Å². The molecule has 4 unspecified atom stereocenters. The van der Waals surface area contributed by atoms with Crippen LogP contribution in [0.4, 0.5) is 5.69 Å². The Morgan fingerprint density at radius 3 is 2.56 bits per heavy atom. The topological polar surface area (TPSA) is 38.5 Å². The van der Waals surface area contributed by atoms with E-state index in [0.29, 0.717) is 12.2 Å². The highest BCUT2D eigenvalue weighted by Gasteiger charge is 2.52. The van der Waals surface area contributed by atoms with Gasteiger partial charge in [-0.1, -0.05) is 12.1 Å². The van der Waals surface area contributed by atoms with Crippen LogP contribution in [-0.4, -0.2) is 30.2 Å². The maximum Gasteiger partial charge on any atom is 0.0624 e. The fraction of sp³-hybridized carbons (Fsp3) is 0.600. The Bertz CT molecular complexity index is 444. The van der Waals surface area contributed by atoms with Gasteiger partial charge in [0.05, 0.1) is 12.2 Å². The van der Waals surface area contributed by atoms with Crippen LogP contribution in [-0.2, 0) is 11.3 Å². The Kier molecular flexibility index (Phi) is 2.39. The minimum absolute atomic E-state index is 0.561. The molecule has 0 radical (unpaired) electrons. The summed E-state index contributed by atoms with van der Waals surface area (Å²) in [4.78, 5) is 2.58. The molecule has 0 aliphatic carbocycles. The zero-order valence-corrected chi connectivity index (χ0v) is 10.6. The SMILES string of the molecule is Nc1cccc(CN2CC3C4CCC(O4)C3C2)c1. The largest absolute Gasteiger partial charge is 0.399 e. The molecule has 4 rings (SSSR count). The zero-order chi connectivity index (χ0) is 12.1. The molecule has 1 aromatic rings. The summed E-state index contributed by atoms with van der Waals surface area (Å²) in [6, 6.07) is 8.28. The van der Waals surface area contributed by atoms with Crippen molar-refractivity contribution in [3.05, 3.63) is 29.8 Å². The third kappa shape index (κ3) is 1.65. The first-order valence-electron chi connectivity index (χ1n) is 7.02. The van der Waals surface area contributed by atoms with E-state index in [9.17, 15) is 0 Å². The van der Waals surface area contributed by atoms with Gasteiger partial charge < -0.3 is 10.5 Å². The minimum atomic E-state index is 0.561. The lowest BCUT2D eigenvalue weighted by atomic mass is 9.82. The van der Waals surface area contributed by atoms with Crippen molar-refractivity contribution in [2.45, 2.75) is 31.6 Å². The lowest BCUT2D eigenvalue weighted by Crippen LogP contribution is -2.24. The van der Waals surface area contributed by atoms with Crippen molar-refractivity contribution < 1.29 is 4.74 Å². The van der Waals surface area contributed by atoms with Gasteiger partial charge in [0.1, 0.15) is 0 Å². The molecule has 4 atom stereocenters. The Labute approximate surface area is 108 Å². The predicted molar refractivity (Wildman–Crippen MR) is 71.0 cm³/mol. The van der Waals surface area contributed by atoms with Crippen molar-refractivity contribution in [1.82, 2.24) is 4.90 Å². The summed E-state index contributed by atoms with van der Waals surface area (Å²) in [6.07, 6.45) is 3.70. The number of nitrogen functional groups attached to an aromatic ring is 1. The van der Waals surface area contributed by atoms with E-state index < -0.39 is 0 Å². The number of nitrogens with two attached hydrogens (primary N) is 1. The van der Waals surface area contributed by atoms with Crippen molar-refractivity contribution in [2.24, 2.45) is 11.8 Å². The Morgan fingerprint density at radius 1 is 1.17 bits per heavy atom. The number of ether oxygens (including phenoxy) is 1. The van der Waals surface area contributed by atoms with Gasteiger partial charge in [-0.15, -0.1) is 0 Å². The van der Waals surface area contributed by atoms with Gasteiger partial charge in [0.15, 0.2) is 0 Å². The number of hydrogen-bond acceptors (Lipinski definition) is 3. The summed E-state index contributed by atoms with van der Waals surface area (Å²) in [5.74, 6) is 1.59. The fourth-order valence-electron chi connectivity index (χ4n) is 4.13. The van der Waals surface area contributed by atoms with E-state index in [1.165, 1.54) is 31.5 Å². The van der Waals surface area contributed by atoms with E-state index in [1.807, 2.05) is 12.1 Å². The smallest absolute Gasteiger partial charge is 0.0624 e. The van der Waals surface area contributed by atoms with Crippen LogP contribution in [0.2, 0.25) is 0 Å². The molecule has 1 aromatic carbocycles. The maximum atomic E-state index is 6.01. The van der Waals surface area contributed by atoms with E-state index in [4.69, 9.17) is 10.5 Å². The average molecular weight is 244 g/mol. The summed E-state index contributed by atoms with van der Waals surface area (Å²) in [6.45, 7) is 3.46. The molecular formula is C15H20N2O. The van der Waals surface area contributed by atoms with Crippen LogP contribution in [0.25, 0.3) is 0 Å². The minimum Gasteiger partial charge on any atom is -0.399 e. The molecule has 2 N–H and O–H groups in total. The lowest BCUT2D eigenvalue weighted by molar-refractivity contribution is 0.0697. The lowest BCUT2D eigenvalue weighted by Gasteiger charge is -2.18. The number of likely N-dealkylation sites (tertiary alicyclic amines) is 1. The zero-order valence-electron chi connectivity index (χ0n) is 10.6. The van der Waals surface area contributed by atoms with Crippen LogP contribution in [0.5, 0.6) is 0 Å². The van der Waals surface area contributed by atoms with Crippen LogP contribution in [0, 0.1) is 11.8 Å². The Balaban J connectivity index is 1.46. The first-order valence-corrected chi connectivity index (χ1v) is 7.02. The molecule has 3 aliphatic rings. The number of rotatable bonds is 2. The summed E-state index contributed by atoms with van der Waals surface area (Å²) in [7, 11) is 0. The molecule has 3 heteroatoms. The van der Waals surface area contributed by atoms with E-state index >= 15 is 0 Å². The molecule has 96 valence electrons. The van der Waals surface area contributed by atoms with Crippen LogP contribution in [0.15, 0.2) is 24.3 Å². The van der Waals surface area contributed by atoms with E-state index in [0.717, 1.165) is 24.1 Å². The average Bonchev–Trinajstić information content (AvgIpc) is 2.99. The number of fused-ring (bicyclic) bond motifs is 5. The molecule has 3 aliphatic heterocycles. The van der Waals surface area contributed by atoms with Crippen molar-refractivity contribution >= 4 is 5.69 Å². The second kappa shape index (κ2) is 3.97. The Hall–Kier alpha value is -1.06. The molecule has 3 fully saturated rings. The van der Waals surface area contributed by atoms with E-state index in [2.05, 4.69) is 17.0 Å². The third-order valence-corrected chi connectivity index (χ3v) is 4.89. The highest BCUT2D eigenvalue weighted by atomic mass is 16.5. The summed E-state index contributed by atoms with van der Waals surface area (Å²) < 4.78 is 6.01. The summed E-state index contributed by atoms with van der Waals surface area (Å²) >= 11 is 0. The fourth-order valence-corrected chi connectivity index (χ4v) is 4.13. The monoisotopic (exact) mass is 244 g/mol. The Morgan fingerprint density at radius 2 is 1.89 bits per heavy atom. The van der Waals surface area contributed by atoms with Gasteiger partial charge in [0.2, 0.25) is 0 Å². The van der Waals surface area contributed by atoms with Crippen molar-refractivity contribution in [3.63, 3.8) is 0 Å². The number of nitrogens with zero attached hydrogens (tertiary/aromatic N) is 1.